The molecule has 0 aliphatic rings. The summed E-state index contributed by atoms with van der Waals surface area (Å²) in [5.41, 5.74) is 20.2. The van der Waals surface area contributed by atoms with E-state index < -0.39 is 0 Å². The molecular weight excluding hydrogens is 258 g/mol. The van der Waals surface area contributed by atoms with Crippen molar-refractivity contribution in [1.29, 1.82) is 0 Å². The lowest BCUT2D eigenvalue weighted by Crippen LogP contribution is -2.27. The van der Waals surface area contributed by atoms with E-state index in [1.165, 1.54) is 4.91 Å². The first-order valence-corrected chi connectivity index (χ1v) is 6.32. The molecule has 0 amide bonds. The van der Waals surface area contributed by atoms with Gasteiger partial charge in [-0.2, -0.15) is 0 Å². The molecule has 0 unspecified atom stereocenters. The van der Waals surface area contributed by atoms with Crippen molar-refractivity contribution < 1.29 is 9.53 Å². The van der Waals surface area contributed by atoms with E-state index in [0.29, 0.717) is 17.9 Å². The van der Waals surface area contributed by atoms with Gasteiger partial charge in [0.2, 0.25) is 0 Å². The second-order valence-electron chi connectivity index (χ2n) is 3.87. The number of esters is 1. The Bertz CT molecular complexity index is 423. The second kappa shape index (κ2) is 10.7. The number of likely N-dealkylation sites (N-methyl/N-ethyl adjacent to an activating group) is 1. The van der Waals surface area contributed by atoms with Gasteiger partial charge >= 0.3 is 5.97 Å². The third kappa shape index (κ3) is 7.25. The number of nitrogens with zero attached hydrogens (tertiary/aromatic N) is 4. The van der Waals surface area contributed by atoms with E-state index in [1.54, 1.807) is 24.3 Å². The highest BCUT2D eigenvalue weighted by atomic mass is 16.5. The summed E-state index contributed by atoms with van der Waals surface area (Å²) in [7, 11) is 0. The number of hydrogen-bond donors (Lipinski definition) is 1. The molecule has 1 aromatic rings. The Morgan fingerprint density at radius 3 is 2.20 bits per heavy atom. The van der Waals surface area contributed by atoms with E-state index in [-0.39, 0.29) is 5.97 Å². The van der Waals surface area contributed by atoms with Crippen molar-refractivity contribution >= 4 is 11.7 Å². The van der Waals surface area contributed by atoms with Crippen LogP contribution in [0.2, 0.25) is 0 Å². The molecule has 0 fully saturated rings. The Kier molecular flexibility index (Phi) is 9.47. The average Bonchev–Trinajstić information content (AvgIpc) is 2.45. The number of nitrogen functional groups attached to an aromatic ring is 1. The minimum Gasteiger partial charge on any atom is -0.461 e. The van der Waals surface area contributed by atoms with Crippen LogP contribution in [0.15, 0.2) is 24.3 Å². The molecule has 0 atom stereocenters. The first-order valence-electron chi connectivity index (χ1n) is 6.32. The Morgan fingerprint density at radius 1 is 1.25 bits per heavy atom. The van der Waals surface area contributed by atoms with Crippen LogP contribution in [0, 0.1) is 0 Å². The molecule has 0 heterocycles. The number of benzene rings is 1. The molecular formula is C13H20N5O2-. The average molecular weight is 278 g/mol. The van der Waals surface area contributed by atoms with Crippen molar-refractivity contribution in [2.24, 2.45) is 0 Å². The smallest absolute Gasteiger partial charge is 0.338 e. The van der Waals surface area contributed by atoms with Crippen LogP contribution in [-0.2, 0) is 4.74 Å². The maximum absolute atomic E-state index is 11.6. The van der Waals surface area contributed by atoms with Gasteiger partial charge in [-0.15, -0.1) is 0 Å². The van der Waals surface area contributed by atoms with E-state index in [2.05, 4.69) is 18.7 Å². The SMILES string of the molecule is CCN(CC)CCOC(=O)c1ccc(N)cc1.[N-]=[N+]=[N-]. The summed E-state index contributed by atoms with van der Waals surface area (Å²) in [6.45, 7) is 7.31. The summed E-state index contributed by atoms with van der Waals surface area (Å²) >= 11 is 0. The van der Waals surface area contributed by atoms with Gasteiger partial charge < -0.3 is 26.4 Å². The number of nitrogens with two attached hydrogens (primary N) is 1. The van der Waals surface area contributed by atoms with Crippen LogP contribution in [0.5, 0.6) is 0 Å². The van der Waals surface area contributed by atoms with Crippen molar-refractivity contribution in [2.45, 2.75) is 13.8 Å². The maximum atomic E-state index is 11.6. The largest absolute Gasteiger partial charge is 0.461 e. The van der Waals surface area contributed by atoms with E-state index in [0.717, 1.165) is 19.6 Å². The normalized spacial score (nSPS) is 9.35. The molecule has 1 aromatic carbocycles. The Hall–Kier alpha value is -2.24. The van der Waals surface area contributed by atoms with E-state index in [4.69, 9.17) is 21.5 Å². The van der Waals surface area contributed by atoms with Gasteiger partial charge in [0.1, 0.15) is 6.61 Å². The van der Waals surface area contributed by atoms with Crippen LogP contribution < -0.4 is 5.73 Å². The Labute approximate surface area is 118 Å². The quantitative estimate of drug-likeness (QED) is 0.283. The van der Waals surface area contributed by atoms with Crippen LogP contribution in [0.3, 0.4) is 0 Å². The molecule has 7 nitrogen and oxygen atoms in total. The monoisotopic (exact) mass is 278 g/mol. The highest BCUT2D eigenvalue weighted by Crippen LogP contribution is 2.06. The van der Waals surface area contributed by atoms with Crippen molar-refractivity contribution in [3.05, 3.63) is 45.8 Å². The highest BCUT2D eigenvalue weighted by Gasteiger charge is 2.07. The molecule has 0 saturated heterocycles. The van der Waals surface area contributed by atoms with Crippen molar-refractivity contribution in [3.63, 3.8) is 0 Å². The fraction of sp³-hybridized carbons (Fsp3) is 0.462. The molecule has 0 aromatic heterocycles. The predicted octanol–water partition coefficient (Wildman–Crippen LogP) is 2.63. The van der Waals surface area contributed by atoms with Crippen molar-refractivity contribution in [1.82, 2.24) is 4.90 Å². The molecule has 0 radical (unpaired) electrons. The van der Waals surface area contributed by atoms with Gasteiger partial charge in [0.05, 0.1) is 5.56 Å². The lowest BCUT2D eigenvalue weighted by atomic mass is 10.2. The molecule has 0 aliphatic heterocycles. The molecule has 20 heavy (non-hydrogen) atoms. The molecule has 0 bridgehead atoms. The van der Waals surface area contributed by atoms with Crippen LogP contribution in [0.4, 0.5) is 5.69 Å². The first-order chi connectivity index (χ1) is 9.58. The highest BCUT2D eigenvalue weighted by molar-refractivity contribution is 5.89. The number of hydrogen-bond acceptors (Lipinski definition) is 4. The standard InChI is InChI=1S/C13H20N2O2.N3/c1-3-15(4-2)9-10-17-13(16)11-5-7-12(14)8-6-11;1-3-2/h5-8H,3-4,9-10,14H2,1-2H3;/q;-1. The molecule has 0 saturated carbocycles. The third-order valence-corrected chi connectivity index (χ3v) is 2.68. The topological polar surface area (TPSA) is 114 Å². The zero-order valence-electron chi connectivity index (χ0n) is 11.8. The van der Waals surface area contributed by atoms with Gasteiger partial charge in [-0.3, -0.25) is 4.91 Å². The van der Waals surface area contributed by atoms with Gasteiger partial charge in [-0.05, 0) is 37.4 Å². The number of rotatable bonds is 6. The van der Waals surface area contributed by atoms with Crippen LogP contribution in [-0.4, -0.2) is 37.1 Å². The summed E-state index contributed by atoms with van der Waals surface area (Å²) in [5, 5.41) is 0. The van der Waals surface area contributed by atoms with E-state index >= 15 is 0 Å². The predicted molar refractivity (Wildman–Crippen MR) is 79.0 cm³/mol. The summed E-state index contributed by atoms with van der Waals surface area (Å²) in [5.74, 6) is -0.294. The maximum Gasteiger partial charge on any atom is 0.338 e. The molecule has 110 valence electrons. The lowest BCUT2D eigenvalue weighted by molar-refractivity contribution is 0.0466. The first kappa shape index (κ1) is 17.8. The summed E-state index contributed by atoms with van der Waals surface area (Å²) < 4.78 is 5.18. The zero-order valence-corrected chi connectivity index (χ0v) is 11.8. The summed E-state index contributed by atoms with van der Waals surface area (Å²) in [4.78, 5) is 15.3. The molecule has 7 heteroatoms. The lowest BCUT2D eigenvalue weighted by Gasteiger charge is -2.17. The van der Waals surface area contributed by atoms with Gasteiger partial charge in [-0.25, -0.2) is 4.79 Å². The number of carbonyl (C=O) groups excluding carboxylic acids is 1. The zero-order chi connectivity index (χ0) is 15.4. The Balaban J connectivity index is 0.00000110. The van der Waals surface area contributed by atoms with Crippen LogP contribution in [0.1, 0.15) is 24.2 Å². The minimum absolute atomic E-state index is 0.294. The number of carbonyl (C=O) groups is 1. The van der Waals surface area contributed by atoms with Gasteiger partial charge in [0.25, 0.3) is 0 Å². The van der Waals surface area contributed by atoms with Gasteiger partial charge in [0, 0.05) is 12.2 Å². The Morgan fingerprint density at radius 2 is 1.75 bits per heavy atom. The van der Waals surface area contributed by atoms with E-state index in [9.17, 15) is 4.79 Å². The van der Waals surface area contributed by atoms with Gasteiger partial charge in [0.15, 0.2) is 0 Å². The number of anilines is 1. The number of ether oxygens (including phenoxy) is 1. The van der Waals surface area contributed by atoms with Crippen LogP contribution in [0.25, 0.3) is 16.0 Å². The van der Waals surface area contributed by atoms with E-state index in [1.807, 2.05) is 0 Å². The van der Waals surface area contributed by atoms with Crippen LogP contribution >= 0.6 is 0 Å². The third-order valence-electron chi connectivity index (χ3n) is 2.68. The van der Waals surface area contributed by atoms with Crippen molar-refractivity contribution in [3.8, 4) is 0 Å². The van der Waals surface area contributed by atoms with Crippen molar-refractivity contribution in [2.75, 3.05) is 32.0 Å². The molecule has 2 N–H and O–H groups in total. The fourth-order valence-electron chi connectivity index (χ4n) is 1.51. The molecule has 0 aliphatic carbocycles. The molecule has 0 spiro atoms. The second-order valence-corrected chi connectivity index (χ2v) is 3.87. The minimum atomic E-state index is -0.294. The molecule has 1 rings (SSSR count). The fourth-order valence-corrected chi connectivity index (χ4v) is 1.51. The van der Waals surface area contributed by atoms with Gasteiger partial charge in [-0.1, -0.05) is 13.8 Å². The summed E-state index contributed by atoms with van der Waals surface area (Å²) in [6, 6.07) is 6.74. The summed E-state index contributed by atoms with van der Waals surface area (Å²) in [6.07, 6.45) is 0.